The SMILES string of the molecule is O=C(Nc1ccc(Br)c(Cl)c1)C1CCN(S(=O)(=O)Cc2ccc(Br)cc2)CC1. The molecule has 1 heterocycles. The van der Waals surface area contributed by atoms with Crippen molar-refractivity contribution in [2.24, 2.45) is 5.92 Å². The fourth-order valence-corrected chi connectivity index (χ4v) is 5.35. The summed E-state index contributed by atoms with van der Waals surface area (Å²) in [6, 6.07) is 12.5. The Bertz CT molecular complexity index is 960. The monoisotopic (exact) mass is 548 g/mol. The van der Waals surface area contributed by atoms with E-state index in [2.05, 4.69) is 37.2 Å². The van der Waals surface area contributed by atoms with Gasteiger partial charge in [0.15, 0.2) is 0 Å². The molecule has 150 valence electrons. The lowest BCUT2D eigenvalue weighted by Crippen LogP contribution is -2.41. The standard InChI is InChI=1S/C19H19Br2ClN2O3S/c20-15-3-1-13(2-4-15)12-28(26,27)24-9-7-14(8-10-24)19(25)23-16-5-6-17(21)18(22)11-16/h1-6,11,14H,7-10,12H2,(H,23,25). The molecule has 0 aliphatic carbocycles. The number of sulfonamides is 1. The van der Waals surface area contributed by atoms with Crippen LogP contribution in [0.3, 0.4) is 0 Å². The van der Waals surface area contributed by atoms with E-state index >= 15 is 0 Å². The Kier molecular flexibility index (Phi) is 7.20. The molecule has 0 atom stereocenters. The molecule has 1 aliphatic rings. The van der Waals surface area contributed by atoms with Crippen molar-refractivity contribution in [2.45, 2.75) is 18.6 Å². The lowest BCUT2D eigenvalue weighted by Gasteiger charge is -2.30. The molecule has 0 bridgehead atoms. The Morgan fingerprint density at radius 1 is 1.11 bits per heavy atom. The van der Waals surface area contributed by atoms with Crippen LogP contribution >= 0.6 is 43.5 Å². The minimum Gasteiger partial charge on any atom is -0.326 e. The summed E-state index contributed by atoms with van der Waals surface area (Å²) in [6.07, 6.45) is 0.991. The largest absolute Gasteiger partial charge is 0.326 e. The molecule has 3 rings (SSSR count). The zero-order chi connectivity index (χ0) is 20.3. The summed E-state index contributed by atoms with van der Waals surface area (Å²) in [4.78, 5) is 12.5. The van der Waals surface area contributed by atoms with E-state index in [-0.39, 0.29) is 17.6 Å². The van der Waals surface area contributed by atoms with Crippen LogP contribution in [0, 0.1) is 5.92 Å². The van der Waals surface area contributed by atoms with Crippen LogP contribution in [0.1, 0.15) is 18.4 Å². The van der Waals surface area contributed by atoms with Crippen LogP contribution in [0.25, 0.3) is 0 Å². The molecular weight excluding hydrogens is 532 g/mol. The number of benzene rings is 2. The molecule has 2 aromatic carbocycles. The van der Waals surface area contributed by atoms with Crippen molar-refractivity contribution in [3.05, 3.63) is 62.0 Å². The Morgan fingerprint density at radius 2 is 1.75 bits per heavy atom. The second-order valence-electron chi connectivity index (χ2n) is 6.67. The first-order valence-electron chi connectivity index (χ1n) is 8.73. The highest BCUT2D eigenvalue weighted by Gasteiger charge is 2.31. The number of halogens is 3. The van der Waals surface area contributed by atoms with Crippen LogP contribution in [0.15, 0.2) is 51.4 Å². The molecule has 1 fully saturated rings. The van der Waals surface area contributed by atoms with Gasteiger partial charge in [0.25, 0.3) is 0 Å². The minimum atomic E-state index is -3.40. The van der Waals surface area contributed by atoms with Gasteiger partial charge >= 0.3 is 0 Å². The maximum absolute atomic E-state index is 12.7. The number of anilines is 1. The first-order valence-corrected chi connectivity index (χ1v) is 12.3. The minimum absolute atomic E-state index is 0.0332. The highest BCUT2D eigenvalue weighted by Crippen LogP contribution is 2.27. The van der Waals surface area contributed by atoms with Gasteiger partial charge in [-0.1, -0.05) is 39.7 Å². The van der Waals surface area contributed by atoms with Gasteiger partial charge in [-0.05, 0) is 64.7 Å². The van der Waals surface area contributed by atoms with Crippen molar-refractivity contribution >= 4 is 65.1 Å². The van der Waals surface area contributed by atoms with E-state index in [1.165, 1.54) is 4.31 Å². The molecule has 9 heteroatoms. The quantitative estimate of drug-likeness (QED) is 0.567. The third kappa shape index (κ3) is 5.57. The molecule has 28 heavy (non-hydrogen) atoms. The molecule has 1 aliphatic heterocycles. The van der Waals surface area contributed by atoms with Crippen molar-refractivity contribution < 1.29 is 13.2 Å². The molecule has 0 saturated carbocycles. The lowest BCUT2D eigenvalue weighted by atomic mass is 9.97. The summed E-state index contributed by atoms with van der Waals surface area (Å²) in [7, 11) is -3.40. The first-order chi connectivity index (χ1) is 13.2. The zero-order valence-corrected chi connectivity index (χ0v) is 19.6. The third-order valence-corrected chi connectivity index (χ3v) is 8.28. The number of amides is 1. The van der Waals surface area contributed by atoms with Gasteiger partial charge in [0.05, 0.1) is 10.8 Å². The van der Waals surface area contributed by atoms with E-state index in [0.717, 1.165) is 14.5 Å². The fourth-order valence-electron chi connectivity index (χ4n) is 3.10. The number of piperidine rings is 1. The summed E-state index contributed by atoms with van der Waals surface area (Å²) >= 11 is 12.7. The summed E-state index contributed by atoms with van der Waals surface area (Å²) in [6.45, 7) is 0.691. The van der Waals surface area contributed by atoms with Crippen LogP contribution in [-0.2, 0) is 20.6 Å². The fraction of sp³-hybridized carbons (Fsp3) is 0.316. The topological polar surface area (TPSA) is 66.5 Å². The number of rotatable bonds is 5. The van der Waals surface area contributed by atoms with Gasteiger partial charge in [0.1, 0.15) is 0 Å². The van der Waals surface area contributed by atoms with E-state index in [9.17, 15) is 13.2 Å². The van der Waals surface area contributed by atoms with Gasteiger partial charge in [-0.15, -0.1) is 0 Å². The molecule has 1 N–H and O–H groups in total. The van der Waals surface area contributed by atoms with Crippen LogP contribution in [0.2, 0.25) is 5.02 Å². The van der Waals surface area contributed by atoms with E-state index in [4.69, 9.17) is 11.6 Å². The van der Waals surface area contributed by atoms with Crippen molar-refractivity contribution in [3.8, 4) is 0 Å². The predicted molar refractivity (Wildman–Crippen MR) is 119 cm³/mol. The molecular formula is C19H19Br2ClN2O3S. The second kappa shape index (κ2) is 9.26. The molecule has 0 radical (unpaired) electrons. The average molecular weight is 551 g/mol. The normalized spacial score (nSPS) is 16.1. The summed E-state index contributed by atoms with van der Waals surface area (Å²) in [5, 5.41) is 3.38. The number of hydrogen-bond donors (Lipinski definition) is 1. The highest BCUT2D eigenvalue weighted by atomic mass is 79.9. The second-order valence-corrected chi connectivity index (χ2v) is 10.8. The van der Waals surface area contributed by atoms with E-state index < -0.39 is 10.0 Å². The van der Waals surface area contributed by atoms with Gasteiger partial charge in [0, 0.05) is 33.6 Å². The smallest absolute Gasteiger partial charge is 0.227 e. The number of carbonyl (C=O) groups excluding carboxylic acids is 1. The molecule has 2 aromatic rings. The van der Waals surface area contributed by atoms with Crippen LogP contribution < -0.4 is 5.32 Å². The molecule has 0 unspecified atom stereocenters. The van der Waals surface area contributed by atoms with Crippen molar-refractivity contribution in [2.75, 3.05) is 18.4 Å². The molecule has 1 amide bonds. The number of nitrogens with one attached hydrogen (secondary N) is 1. The maximum Gasteiger partial charge on any atom is 0.227 e. The summed E-state index contributed by atoms with van der Waals surface area (Å²) < 4.78 is 28.5. The number of nitrogens with zero attached hydrogens (tertiary/aromatic N) is 1. The highest BCUT2D eigenvalue weighted by molar-refractivity contribution is 9.10. The molecule has 0 spiro atoms. The molecule has 5 nitrogen and oxygen atoms in total. The van der Waals surface area contributed by atoms with Gasteiger partial charge in [-0.3, -0.25) is 4.79 Å². The van der Waals surface area contributed by atoms with Crippen LogP contribution in [0.5, 0.6) is 0 Å². The summed E-state index contributed by atoms with van der Waals surface area (Å²) in [5.41, 5.74) is 1.37. The first kappa shape index (κ1) is 21.8. The predicted octanol–water partition coefficient (Wildman–Crippen LogP) is 5.05. The van der Waals surface area contributed by atoms with E-state index in [0.29, 0.717) is 36.6 Å². The van der Waals surface area contributed by atoms with Gasteiger partial charge in [-0.2, -0.15) is 0 Å². The van der Waals surface area contributed by atoms with Crippen molar-refractivity contribution in [3.63, 3.8) is 0 Å². The molecule has 0 aromatic heterocycles. The zero-order valence-electron chi connectivity index (χ0n) is 14.9. The maximum atomic E-state index is 12.7. The van der Waals surface area contributed by atoms with Crippen LogP contribution in [0.4, 0.5) is 5.69 Å². The van der Waals surface area contributed by atoms with Crippen molar-refractivity contribution in [1.82, 2.24) is 4.31 Å². The van der Waals surface area contributed by atoms with Crippen molar-refractivity contribution in [1.29, 1.82) is 0 Å². The van der Waals surface area contributed by atoms with Gasteiger partial charge in [-0.25, -0.2) is 12.7 Å². The Labute approximate surface area is 186 Å². The summed E-state index contributed by atoms with van der Waals surface area (Å²) in [5.74, 6) is -0.362. The Hall–Kier alpha value is -0.930. The lowest BCUT2D eigenvalue weighted by molar-refractivity contribution is -0.120. The van der Waals surface area contributed by atoms with Crippen LogP contribution in [-0.4, -0.2) is 31.7 Å². The van der Waals surface area contributed by atoms with Gasteiger partial charge < -0.3 is 5.32 Å². The molecule has 1 saturated heterocycles. The number of hydrogen-bond acceptors (Lipinski definition) is 3. The van der Waals surface area contributed by atoms with E-state index in [1.807, 2.05) is 12.1 Å². The Balaban J connectivity index is 1.56. The third-order valence-electron chi connectivity index (χ3n) is 4.67. The van der Waals surface area contributed by atoms with Gasteiger partial charge in [0.2, 0.25) is 15.9 Å². The number of carbonyl (C=O) groups is 1. The Morgan fingerprint density at radius 3 is 2.36 bits per heavy atom. The van der Waals surface area contributed by atoms with E-state index in [1.54, 1.807) is 30.3 Å². The average Bonchev–Trinajstić information content (AvgIpc) is 2.66.